The van der Waals surface area contributed by atoms with Gasteiger partial charge in [-0.05, 0) is 57.0 Å². The van der Waals surface area contributed by atoms with Gasteiger partial charge in [-0.25, -0.2) is 0 Å². The highest BCUT2D eigenvalue weighted by atomic mass is 35.5. The van der Waals surface area contributed by atoms with Crippen molar-refractivity contribution in [3.63, 3.8) is 0 Å². The van der Waals surface area contributed by atoms with Gasteiger partial charge in [-0.2, -0.15) is 0 Å². The molecule has 122 valence electrons. The Hall–Kier alpha value is -2.67. The van der Waals surface area contributed by atoms with Gasteiger partial charge < -0.3 is 0 Å². The smallest absolute Gasteiger partial charge is 0.0530 e. The number of halogens is 1. The van der Waals surface area contributed by atoms with Crippen molar-refractivity contribution in [3.8, 4) is 23.7 Å². The van der Waals surface area contributed by atoms with Crippen LogP contribution in [0.15, 0.2) is 70.8 Å². The van der Waals surface area contributed by atoms with Crippen LogP contribution >= 0.6 is 11.6 Å². The maximum atomic E-state index is 6.40. The molecule has 0 nitrogen and oxygen atoms in total. The molecule has 1 aliphatic carbocycles. The fourth-order valence-electron chi connectivity index (χ4n) is 2.49. The fraction of sp³-hybridized carbons (Fsp3) is 0.167. The number of hydrogen-bond acceptors (Lipinski definition) is 0. The first-order chi connectivity index (χ1) is 12.1. The minimum atomic E-state index is 0.707. The first-order valence-corrected chi connectivity index (χ1v) is 8.74. The zero-order valence-electron chi connectivity index (χ0n) is 14.5. The van der Waals surface area contributed by atoms with Crippen LogP contribution in [0.2, 0.25) is 0 Å². The van der Waals surface area contributed by atoms with Crippen LogP contribution in [0.3, 0.4) is 0 Å². The summed E-state index contributed by atoms with van der Waals surface area (Å²) < 4.78 is 0. The van der Waals surface area contributed by atoms with Crippen molar-refractivity contribution in [1.29, 1.82) is 0 Å². The highest BCUT2D eigenvalue weighted by Crippen LogP contribution is 2.26. The highest BCUT2D eigenvalue weighted by molar-refractivity contribution is 6.32. The number of benzene rings is 2. The van der Waals surface area contributed by atoms with E-state index in [1.807, 2.05) is 30.3 Å². The van der Waals surface area contributed by atoms with Crippen molar-refractivity contribution in [1.82, 2.24) is 0 Å². The van der Waals surface area contributed by atoms with Gasteiger partial charge in [0, 0.05) is 22.3 Å². The van der Waals surface area contributed by atoms with Crippen LogP contribution in [0.1, 0.15) is 35.1 Å². The van der Waals surface area contributed by atoms with E-state index in [2.05, 4.69) is 61.8 Å². The largest absolute Gasteiger partial charge is 0.0833 e. The fourth-order valence-corrected chi connectivity index (χ4v) is 2.76. The van der Waals surface area contributed by atoms with E-state index in [1.54, 1.807) is 0 Å². The Bertz CT molecular complexity index is 947. The van der Waals surface area contributed by atoms with Gasteiger partial charge >= 0.3 is 0 Å². The molecule has 0 saturated carbocycles. The van der Waals surface area contributed by atoms with Crippen molar-refractivity contribution in [2.45, 2.75) is 26.7 Å². The molecule has 1 heteroatoms. The zero-order chi connectivity index (χ0) is 17.6. The SMILES string of the molecule is Cc1ccc(C#CC2=CC(Cl)=C(C#Cc3ccc(C)cc3)CC2)cc1. The van der Waals surface area contributed by atoms with Gasteiger partial charge in [0.2, 0.25) is 0 Å². The van der Waals surface area contributed by atoms with Gasteiger partial charge in [0.25, 0.3) is 0 Å². The lowest BCUT2D eigenvalue weighted by molar-refractivity contribution is 0.962. The predicted molar refractivity (Wildman–Crippen MR) is 106 cm³/mol. The first kappa shape index (κ1) is 17.2. The quantitative estimate of drug-likeness (QED) is 0.521. The monoisotopic (exact) mass is 342 g/mol. The second kappa shape index (κ2) is 7.94. The third kappa shape index (κ3) is 4.90. The Morgan fingerprint density at radius 3 is 1.72 bits per heavy atom. The third-order valence-corrected chi connectivity index (χ3v) is 4.40. The number of rotatable bonds is 0. The number of hydrogen-bond donors (Lipinski definition) is 0. The lowest BCUT2D eigenvalue weighted by Crippen LogP contribution is -1.94. The summed E-state index contributed by atoms with van der Waals surface area (Å²) in [5.74, 6) is 12.8. The third-order valence-electron chi connectivity index (χ3n) is 4.06. The lowest BCUT2D eigenvalue weighted by atomic mass is 9.98. The molecule has 3 rings (SSSR count). The van der Waals surface area contributed by atoms with Crippen LogP contribution in [0.25, 0.3) is 0 Å². The van der Waals surface area contributed by atoms with Crippen molar-refractivity contribution < 1.29 is 0 Å². The molecular weight excluding hydrogens is 324 g/mol. The molecule has 0 aromatic heterocycles. The molecule has 1 aliphatic rings. The molecule has 2 aromatic rings. The van der Waals surface area contributed by atoms with E-state index in [0.29, 0.717) is 5.03 Å². The van der Waals surface area contributed by atoms with E-state index in [-0.39, 0.29) is 0 Å². The average molecular weight is 343 g/mol. The van der Waals surface area contributed by atoms with Crippen molar-refractivity contribution in [3.05, 3.63) is 93.0 Å². The normalized spacial score (nSPS) is 13.3. The molecule has 0 bridgehead atoms. The van der Waals surface area contributed by atoms with Crippen LogP contribution in [-0.4, -0.2) is 0 Å². The van der Waals surface area contributed by atoms with Gasteiger partial charge in [0.15, 0.2) is 0 Å². The average Bonchev–Trinajstić information content (AvgIpc) is 2.62. The number of allylic oxidation sites excluding steroid dienone is 4. The molecule has 0 N–H and O–H groups in total. The van der Waals surface area contributed by atoms with Crippen LogP contribution in [0.5, 0.6) is 0 Å². The summed E-state index contributed by atoms with van der Waals surface area (Å²) in [5.41, 5.74) is 6.56. The summed E-state index contributed by atoms with van der Waals surface area (Å²) >= 11 is 6.40. The van der Waals surface area contributed by atoms with Crippen LogP contribution in [-0.2, 0) is 0 Å². The summed E-state index contributed by atoms with van der Waals surface area (Å²) in [6, 6.07) is 16.4. The molecular formula is C24H19Cl. The minimum absolute atomic E-state index is 0.707. The minimum Gasteiger partial charge on any atom is -0.0833 e. The van der Waals surface area contributed by atoms with Gasteiger partial charge in [-0.15, -0.1) is 0 Å². The van der Waals surface area contributed by atoms with Gasteiger partial charge in [0.1, 0.15) is 0 Å². The summed E-state index contributed by atoms with van der Waals surface area (Å²) in [5, 5.41) is 0.707. The van der Waals surface area contributed by atoms with Crippen molar-refractivity contribution in [2.24, 2.45) is 0 Å². The zero-order valence-corrected chi connectivity index (χ0v) is 15.2. The molecule has 0 aliphatic heterocycles. The molecule has 0 heterocycles. The summed E-state index contributed by atoms with van der Waals surface area (Å²) in [4.78, 5) is 0. The van der Waals surface area contributed by atoms with Crippen molar-refractivity contribution >= 4 is 11.6 Å². The molecule has 0 saturated heterocycles. The summed E-state index contributed by atoms with van der Waals surface area (Å²) in [6.45, 7) is 4.15. The van der Waals surface area contributed by atoms with E-state index < -0.39 is 0 Å². The molecule has 0 spiro atoms. The maximum Gasteiger partial charge on any atom is 0.0530 e. The van der Waals surface area contributed by atoms with Crippen molar-refractivity contribution in [2.75, 3.05) is 0 Å². The van der Waals surface area contributed by atoms with E-state index in [1.165, 1.54) is 11.1 Å². The molecule has 0 unspecified atom stereocenters. The second-order valence-electron chi connectivity index (χ2n) is 6.23. The van der Waals surface area contributed by atoms with E-state index >= 15 is 0 Å². The summed E-state index contributed by atoms with van der Waals surface area (Å²) in [7, 11) is 0. The molecule has 25 heavy (non-hydrogen) atoms. The van der Waals surface area contributed by atoms with Gasteiger partial charge in [-0.1, -0.05) is 70.7 Å². The standard InChI is InChI=1S/C24H19Cl/c1-18-3-7-20(8-4-18)11-12-22-14-16-23(24(25)17-22)15-13-21-9-5-19(2)6-10-21/h3-10,17H,14,16H2,1-2H3. The highest BCUT2D eigenvalue weighted by Gasteiger charge is 2.09. The summed E-state index contributed by atoms with van der Waals surface area (Å²) in [6.07, 6.45) is 3.67. The molecule has 2 aromatic carbocycles. The molecule has 0 atom stereocenters. The topological polar surface area (TPSA) is 0 Å². The van der Waals surface area contributed by atoms with Crippen LogP contribution in [0.4, 0.5) is 0 Å². The van der Waals surface area contributed by atoms with Gasteiger partial charge in [0.05, 0.1) is 5.03 Å². The lowest BCUT2D eigenvalue weighted by Gasteiger charge is -2.09. The Morgan fingerprint density at radius 2 is 1.20 bits per heavy atom. The second-order valence-corrected chi connectivity index (χ2v) is 6.64. The maximum absolute atomic E-state index is 6.40. The number of aryl methyl sites for hydroxylation is 2. The van der Waals surface area contributed by atoms with Crippen LogP contribution in [0, 0.1) is 37.5 Å². The molecule has 0 amide bonds. The Labute approximate surface area is 155 Å². The molecule has 0 radical (unpaired) electrons. The van der Waals surface area contributed by atoms with E-state index in [4.69, 9.17) is 11.6 Å². The Balaban J connectivity index is 1.76. The van der Waals surface area contributed by atoms with E-state index in [0.717, 1.165) is 35.1 Å². The predicted octanol–water partition coefficient (Wildman–Crippen LogP) is 5.92. The molecule has 0 fully saturated rings. The van der Waals surface area contributed by atoms with Gasteiger partial charge in [-0.3, -0.25) is 0 Å². The first-order valence-electron chi connectivity index (χ1n) is 8.37. The van der Waals surface area contributed by atoms with Crippen LogP contribution < -0.4 is 0 Å². The Kier molecular flexibility index (Phi) is 5.45. The van der Waals surface area contributed by atoms with E-state index in [9.17, 15) is 0 Å². The Morgan fingerprint density at radius 1 is 0.680 bits per heavy atom.